The van der Waals surface area contributed by atoms with E-state index in [9.17, 15) is 0 Å². The summed E-state index contributed by atoms with van der Waals surface area (Å²) >= 11 is 16.5. The van der Waals surface area contributed by atoms with Gasteiger partial charge >= 0.3 is 0 Å². The van der Waals surface area contributed by atoms with Gasteiger partial charge in [-0.05, 0) is 0 Å². The molecule has 1 saturated heterocycles. The second-order valence-corrected chi connectivity index (χ2v) is 9.06. The van der Waals surface area contributed by atoms with Crippen LogP contribution in [0, 0.1) is 0 Å². The van der Waals surface area contributed by atoms with Crippen molar-refractivity contribution in [3.63, 3.8) is 0 Å². The number of hydrogen-bond acceptors (Lipinski definition) is 6. The first kappa shape index (κ1) is 12.2. The van der Waals surface area contributed by atoms with Crippen LogP contribution in [0.2, 0.25) is 0 Å². The minimum Gasteiger partial charge on any atom is -0.168 e. The molecule has 0 bridgehead atoms. The van der Waals surface area contributed by atoms with Gasteiger partial charge in [0.05, 0.1) is 9.16 Å². The summed E-state index contributed by atoms with van der Waals surface area (Å²) in [5.74, 6) is 2.53. The Morgan fingerprint density at radius 2 is 1.42 bits per heavy atom. The fraction of sp³-hybridized carbons (Fsp3) is 1.00. The van der Waals surface area contributed by atoms with E-state index >= 15 is 0 Å². The number of thioether (sulfide) groups is 4. The maximum Gasteiger partial charge on any atom is 0.0602 e. The summed E-state index contributed by atoms with van der Waals surface area (Å²) in [7, 11) is 0. The van der Waals surface area contributed by atoms with Gasteiger partial charge in [0, 0.05) is 21.7 Å². The molecular weight excluding hydrogens is 264 g/mol. The second-order valence-electron chi connectivity index (χ2n) is 2.12. The molecule has 0 radical (unpaired) electrons. The number of rotatable bonds is 4. The van der Waals surface area contributed by atoms with Crippen LogP contribution in [-0.2, 0) is 0 Å². The van der Waals surface area contributed by atoms with Gasteiger partial charge in [0.1, 0.15) is 0 Å². The zero-order valence-corrected chi connectivity index (χ0v) is 11.6. The Bertz CT molecular complexity index is 96.6. The van der Waals surface area contributed by atoms with Gasteiger partial charge in [-0.3, -0.25) is 0 Å². The predicted octanol–water partition coefficient (Wildman–Crippen LogP) is 3.36. The van der Waals surface area contributed by atoms with Crippen LogP contribution in [0.15, 0.2) is 0 Å². The summed E-state index contributed by atoms with van der Waals surface area (Å²) < 4.78 is 1.54. The van der Waals surface area contributed by atoms with E-state index in [1.165, 1.54) is 11.5 Å². The summed E-state index contributed by atoms with van der Waals surface area (Å²) in [5, 5.41) is 1.89. The summed E-state index contributed by atoms with van der Waals surface area (Å²) in [4.78, 5) is 0. The Morgan fingerprint density at radius 1 is 1.00 bits per heavy atom. The lowest BCUT2D eigenvalue weighted by Crippen LogP contribution is -2.16. The highest BCUT2D eigenvalue weighted by atomic mass is 32.2. The van der Waals surface area contributed by atoms with Crippen LogP contribution in [0.4, 0.5) is 0 Å². The van der Waals surface area contributed by atoms with Crippen LogP contribution in [0.1, 0.15) is 0 Å². The van der Waals surface area contributed by atoms with E-state index in [-0.39, 0.29) is 0 Å². The molecule has 1 aliphatic heterocycles. The minimum absolute atomic E-state index is 0.768. The molecule has 1 rings (SSSR count). The maximum atomic E-state index is 4.22. The molecule has 6 heteroatoms. The first-order valence-corrected chi connectivity index (χ1v) is 9.01. The van der Waals surface area contributed by atoms with Crippen molar-refractivity contribution in [3.05, 3.63) is 0 Å². The first-order chi connectivity index (χ1) is 5.86. The van der Waals surface area contributed by atoms with E-state index in [0.717, 1.165) is 19.3 Å². The molecule has 72 valence electrons. The van der Waals surface area contributed by atoms with Gasteiger partial charge in [-0.15, -0.1) is 47.0 Å². The van der Waals surface area contributed by atoms with Crippen molar-refractivity contribution in [2.75, 3.05) is 21.7 Å². The Hall–Kier alpha value is 2.10. The van der Waals surface area contributed by atoms with Crippen molar-refractivity contribution < 1.29 is 0 Å². The predicted molar refractivity (Wildman–Crippen MR) is 75.4 cm³/mol. The van der Waals surface area contributed by atoms with Gasteiger partial charge in [0.2, 0.25) is 0 Å². The van der Waals surface area contributed by atoms with E-state index < -0.39 is 0 Å². The number of thiol groups is 2. The Morgan fingerprint density at radius 3 is 1.67 bits per heavy atom. The van der Waals surface area contributed by atoms with Crippen molar-refractivity contribution in [2.45, 2.75) is 9.16 Å². The van der Waals surface area contributed by atoms with Gasteiger partial charge < -0.3 is 0 Å². The normalized spacial score (nSPS) is 30.5. The highest BCUT2D eigenvalue weighted by Crippen LogP contribution is 2.40. The molecule has 0 aromatic heterocycles. The third-order valence-electron chi connectivity index (χ3n) is 1.36. The lowest BCUT2D eigenvalue weighted by Gasteiger charge is -2.26. The van der Waals surface area contributed by atoms with Crippen molar-refractivity contribution in [2.24, 2.45) is 0 Å². The minimum atomic E-state index is 0.768. The van der Waals surface area contributed by atoms with Crippen LogP contribution in [0.25, 0.3) is 0 Å². The smallest absolute Gasteiger partial charge is 0.0602 e. The van der Waals surface area contributed by atoms with Crippen molar-refractivity contribution >= 4 is 72.3 Å². The van der Waals surface area contributed by atoms with Gasteiger partial charge in [0.25, 0.3) is 0 Å². The van der Waals surface area contributed by atoms with Crippen molar-refractivity contribution in [1.29, 1.82) is 0 Å². The molecular formula is C6H12S6. The van der Waals surface area contributed by atoms with Gasteiger partial charge in [-0.2, -0.15) is 25.3 Å². The van der Waals surface area contributed by atoms with E-state index in [0.29, 0.717) is 0 Å². The summed E-state index contributed by atoms with van der Waals surface area (Å²) in [6, 6.07) is 0. The SMILES string of the molecule is SCS[C@H]1CS[C@@H](SCS)CS1. The molecule has 0 amide bonds. The molecule has 0 N–H and O–H groups in total. The average molecular weight is 277 g/mol. The zero-order valence-electron chi connectivity index (χ0n) is 6.51. The molecule has 0 nitrogen and oxygen atoms in total. The second kappa shape index (κ2) is 7.40. The third-order valence-corrected chi connectivity index (χ3v) is 8.23. The van der Waals surface area contributed by atoms with Crippen LogP contribution in [0.5, 0.6) is 0 Å². The maximum absolute atomic E-state index is 4.22. The van der Waals surface area contributed by atoms with Gasteiger partial charge in [-0.1, -0.05) is 0 Å². The van der Waals surface area contributed by atoms with E-state index in [2.05, 4.69) is 48.8 Å². The summed E-state index contributed by atoms with van der Waals surface area (Å²) in [5.41, 5.74) is 0. The van der Waals surface area contributed by atoms with E-state index in [1.54, 1.807) is 0 Å². The van der Waals surface area contributed by atoms with Crippen molar-refractivity contribution in [3.8, 4) is 0 Å². The fourth-order valence-electron chi connectivity index (χ4n) is 0.827. The Kier molecular flexibility index (Phi) is 7.50. The molecule has 1 aliphatic rings. The zero-order chi connectivity index (χ0) is 8.81. The Balaban J connectivity index is 2.11. The molecule has 1 heterocycles. The topological polar surface area (TPSA) is 0 Å². The molecule has 1 fully saturated rings. The average Bonchev–Trinajstić information content (AvgIpc) is 2.09. The largest absolute Gasteiger partial charge is 0.168 e. The lowest BCUT2D eigenvalue weighted by molar-refractivity contribution is 1.33. The molecule has 0 spiro atoms. The molecule has 0 unspecified atom stereocenters. The van der Waals surface area contributed by atoms with E-state index in [4.69, 9.17) is 0 Å². The van der Waals surface area contributed by atoms with Crippen LogP contribution in [-0.4, -0.2) is 30.8 Å². The summed E-state index contributed by atoms with van der Waals surface area (Å²) in [6.07, 6.45) is 0. The highest BCUT2D eigenvalue weighted by Gasteiger charge is 2.21. The molecule has 0 aromatic rings. The van der Waals surface area contributed by atoms with Crippen LogP contribution >= 0.6 is 72.3 Å². The summed E-state index contributed by atoms with van der Waals surface area (Å²) in [6.45, 7) is 0. The van der Waals surface area contributed by atoms with Crippen LogP contribution in [0.3, 0.4) is 0 Å². The van der Waals surface area contributed by atoms with Gasteiger partial charge in [-0.25, -0.2) is 0 Å². The molecule has 0 aromatic carbocycles. The monoisotopic (exact) mass is 276 g/mol. The standard InChI is InChI=1S/C6H12S6/c7-3-11-5-1-9-6(2-10-5)12-4-8/h5-8H,1-4H2/t5-,6-/m0/s1. The van der Waals surface area contributed by atoms with E-state index in [1.807, 2.05) is 23.5 Å². The van der Waals surface area contributed by atoms with Crippen LogP contribution < -0.4 is 0 Å². The highest BCUT2D eigenvalue weighted by molar-refractivity contribution is 8.26. The molecule has 0 saturated carbocycles. The number of hydrogen-bond donors (Lipinski definition) is 2. The lowest BCUT2D eigenvalue weighted by atomic mass is 10.9. The third kappa shape index (κ3) is 4.55. The molecule has 2 atom stereocenters. The fourth-order valence-corrected chi connectivity index (χ4v) is 7.72. The van der Waals surface area contributed by atoms with Gasteiger partial charge in [0.15, 0.2) is 0 Å². The molecule has 0 aliphatic carbocycles. The quantitative estimate of drug-likeness (QED) is 0.596. The Labute approximate surface area is 102 Å². The first-order valence-electron chi connectivity index (χ1n) is 3.55. The van der Waals surface area contributed by atoms with Crippen molar-refractivity contribution in [1.82, 2.24) is 0 Å². The molecule has 12 heavy (non-hydrogen) atoms.